The zero-order chi connectivity index (χ0) is 20.3. The van der Waals surface area contributed by atoms with Crippen molar-refractivity contribution in [3.8, 4) is 5.75 Å². The van der Waals surface area contributed by atoms with E-state index in [-0.39, 0.29) is 35.3 Å². The number of carbonyl (C=O) groups excluding carboxylic acids is 2. The fourth-order valence-corrected chi connectivity index (χ4v) is 3.66. The molecule has 0 radical (unpaired) electrons. The molecule has 0 spiro atoms. The molecule has 28 heavy (non-hydrogen) atoms. The highest BCUT2D eigenvalue weighted by atomic mass is 16.5. The predicted molar refractivity (Wildman–Crippen MR) is 105 cm³/mol. The molecule has 7 nitrogen and oxygen atoms in total. The number of amides is 1. The largest absolute Gasteiger partial charge is 0.490 e. The number of hydrogen-bond donors (Lipinski definition) is 2. The van der Waals surface area contributed by atoms with Crippen molar-refractivity contribution in [1.29, 1.82) is 0 Å². The second-order valence-corrected chi connectivity index (χ2v) is 7.21. The van der Waals surface area contributed by atoms with Gasteiger partial charge in [-0.3, -0.25) is 14.6 Å². The van der Waals surface area contributed by atoms with Crippen LogP contribution in [-0.4, -0.2) is 33.9 Å². The van der Waals surface area contributed by atoms with Crippen LogP contribution in [0.15, 0.2) is 18.2 Å². The van der Waals surface area contributed by atoms with E-state index in [0.29, 0.717) is 16.7 Å². The minimum Gasteiger partial charge on any atom is -0.490 e. The average Bonchev–Trinajstić information content (AvgIpc) is 2.61. The fraction of sp³-hybridized carbons (Fsp3) is 0.429. The minimum atomic E-state index is -1.20. The van der Waals surface area contributed by atoms with E-state index < -0.39 is 11.9 Å². The number of ketones is 1. The van der Waals surface area contributed by atoms with Gasteiger partial charge >= 0.3 is 5.97 Å². The van der Waals surface area contributed by atoms with Crippen LogP contribution in [0.1, 0.15) is 61.5 Å². The van der Waals surface area contributed by atoms with Crippen molar-refractivity contribution in [3.05, 3.63) is 29.5 Å². The monoisotopic (exact) mass is 384 g/mol. The molecule has 0 atom stereocenters. The number of carbonyl (C=O) groups is 3. The van der Waals surface area contributed by atoms with E-state index in [2.05, 4.69) is 10.3 Å². The van der Waals surface area contributed by atoms with Crippen molar-refractivity contribution in [3.63, 3.8) is 0 Å². The van der Waals surface area contributed by atoms with Crippen LogP contribution in [0.2, 0.25) is 0 Å². The molecular weight excluding hydrogens is 360 g/mol. The highest BCUT2D eigenvalue weighted by Gasteiger charge is 2.24. The molecule has 0 unspecified atom stereocenters. The molecular formula is C21H24N2O5. The molecule has 148 valence electrons. The number of aryl methyl sites for hydroxylation is 1. The quantitative estimate of drug-likeness (QED) is 0.733. The van der Waals surface area contributed by atoms with Gasteiger partial charge in [0.05, 0.1) is 34.8 Å². The van der Waals surface area contributed by atoms with Gasteiger partial charge in [-0.05, 0) is 51.7 Å². The summed E-state index contributed by atoms with van der Waals surface area (Å²) in [6.45, 7) is 2.89. The van der Waals surface area contributed by atoms with Crippen LogP contribution in [0.25, 0.3) is 10.9 Å². The molecule has 0 aliphatic heterocycles. The van der Waals surface area contributed by atoms with Crippen LogP contribution in [0.3, 0.4) is 0 Å². The van der Waals surface area contributed by atoms with Gasteiger partial charge in [0.1, 0.15) is 17.1 Å². The summed E-state index contributed by atoms with van der Waals surface area (Å²) in [7, 11) is 0. The van der Waals surface area contributed by atoms with Crippen molar-refractivity contribution in [1.82, 2.24) is 4.98 Å². The number of carboxylic acids is 1. The number of carboxylic acid groups (broad SMARTS) is 1. The zero-order valence-electron chi connectivity index (χ0n) is 16.1. The lowest BCUT2D eigenvalue weighted by Crippen LogP contribution is -2.21. The van der Waals surface area contributed by atoms with Crippen molar-refractivity contribution in [2.45, 2.75) is 58.5 Å². The number of benzene rings is 1. The van der Waals surface area contributed by atoms with E-state index in [9.17, 15) is 19.5 Å². The molecule has 2 N–H and O–H groups in total. The maximum Gasteiger partial charge on any atom is 0.339 e. The SMILES string of the molecule is CC(=O)CC(=O)Nc1c(C(=O)O)c(C)nc2cccc(OC3CCCCC3)c12. The lowest BCUT2D eigenvalue weighted by molar-refractivity contribution is -0.124. The standard InChI is InChI=1S/C21H24N2O5/c1-12(24)11-17(25)23-20-18(21(26)27)13(2)22-15-9-6-10-16(19(15)20)28-14-7-4-3-5-8-14/h6,9-10,14H,3-5,7-8,11H2,1-2H3,(H,26,27)(H,22,23,25). The first-order valence-corrected chi connectivity index (χ1v) is 9.49. The van der Waals surface area contributed by atoms with E-state index in [1.54, 1.807) is 25.1 Å². The lowest BCUT2D eigenvalue weighted by Gasteiger charge is -2.24. The fourth-order valence-electron chi connectivity index (χ4n) is 3.66. The molecule has 1 aliphatic rings. The Bertz CT molecular complexity index is 932. The lowest BCUT2D eigenvalue weighted by atomic mass is 9.97. The molecule has 2 aromatic rings. The van der Waals surface area contributed by atoms with Gasteiger partial charge < -0.3 is 15.2 Å². The number of aromatic carboxylic acids is 1. The molecule has 0 saturated heterocycles. The first kappa shape index (κ1) is 19.8. The Morgan fingerprint density at radius 1 is 1.21 bits per heavy atom. The average molecular weight is 384 g/mol. The van der Waals surface area contributed by atoms with Gasteiger partial charge in [0.2, 0.25) is 5.91 Å². The van der Waals surface area contributed by atoms with Crippen LogP contribution < -0.4 is 10.1 Å². The Morgan fingerprint density at radius 3 is 2.57 bits per heavy atom. The number of nitrogens with zero attached hydrogens (tertiary/aromatic N) is 1. The Kier molecular flexibility index (Phi) is 5.92. The second-order valence-electron chi connectivity index (χ2n) is 7.21. The first-order chi connectivity index (χ1) is 13.4. The summed E-state index contributed by atoms with van der Waals surface area (Å²) in [5.41, 5.74) is 0.860. The third kappa shape index (κ3) is 4.30. The molecule has 1 fully saturated rings. The zero-order valence-corrected chi connectivity index (χ0v) is 16.1. The Balaban J connectivity index is 2.13. The van der Waals surface area contributed by atoms with Gasteiger partial charge in [-0.15, -0.1) is 0 Å². The number of nitrogens with one attached hydrogen (secondary N) is 1. The maximum absolute atomic E-state index is 12.3. The summed E-state index contributed by atoms with van der Waals surface area (Å²) in [6, 6.07) is 5.32. The molecule has 1 saturated carbocycles. The van der Waals surface area contributed by atoms with E-state index in [1.807, 2.05) is 0 Å². The summed E-state index contributed by atoms with van der Waals surface area (Å²) in [6.07, 6.45) is 4.97. The third-order valence-corrected chi connectivity index (χ3v) is 4.89. The van der Waals surface area contributed by atoms with E-state index in [0.717, 1.165) is 25.7 Å². The number of rotatable bonds is 6. The smallest absolute Gasteiger partial charge is 0.339 e. The van der Waals surface area contributed by atoms with Crippen molar-refractivity contribution in [2.24, 2.45) is 0 Å². The molecule has 7 heteroatoms. The molecule has 1 aromatic carbocycles. The van der Waals surface area contributed by atoms with Gasteiger partial charge in [0.25, 0.3) is 0 Å². The molecule has 1 aromatic heterocycles. The molecule has 1 heterocycles. The predicted octanol–water partition coefficient (Wildman–Crippen LogP) is 3.87. The Labute approximate surface area is 163 Å². The number of pyridine rings is 1. The summed E-state index contributed by atoms with van der Waals surface area (Å²) in [5.74, 6) is -1.56. The third-order valence-electron chi connectivity index (χ3n) is 4.89. The van der Waals surface area contributed by atoms with Gasteiger partial charge in [-0.25, -0.2) is 4.79 Å². The Hall–Kier alpha value is -2.96. The van der Waals surface area contributed by atoms with Crippen LogP contribution in [0.5, 0.6) is 5.75 Å². The normalized spacial score (nSPS) is 14.6. The number of aromatic nitrogens is 1. The van der Waals surface area contributed by atoms with Gasteiger partial charge in [0.15, 0.2) is 0 Å². The van der Waals surface area contributed by atoms with Crippen LogP contribution >= 0.6 is 0 Å². The van der Waals surface area contributed by atoms with Crippen LogP contribution in [0.4, 0.5) is 5.69 Å². The van der Waals surface area contributed by atoms with Crippen molar-refractivity contribution >= 4 is 34.3 Å². The van der Waals surface area contributed by atoms with Gasteiger partial charge in [-0.2, -0.15) is 0 Å². The summed E-state index contributed by atoms with van der Waals surface area (Å²) in [4.78, 5) is 39.9. The van der Waals surface area contributed by atoms with E-state index in [1.165, 1.54) is 13.3 Å². The second kappa shape index (κ2) is 8.37. The Morgan fingerprint density at radius 2 is 1.93 bits per heavy atom. The van der Waals surface area contributed by atoms with Gasteiger partial charge in [-0.1, -0.05) is 12.5 Å². The van der Waals surface area contributed by atoms with Crippen molar-refractivity contribution < 1.29 is 24.2 Å². The summed E-state index contributed by atoms with van der Waals surface area (Å²) >= 11 is 0. The van der Waals surface area contributed by atoms with E-state index >= 15 is 0 Å². The van der Waals surface area contributed by atoms with Crippen molar-refractivity contribution in [2.75, 3.05) is 5.32 Å². The topological polar surface area (TPSA) is 106 Å². The molecule has 1 aliphatic carbocycles. The number of hydrogen-bond acceptors (Lipinski definition) is 5. The number of anilines is 1. The first-order valence-electron chi connectivity index (χ1n) is 9.49. The van der Waals surface area contributed by atoms with Gasteiger partial charge in [0, 0.05) is 0 Å². The number of fused-ring (bicyclic) bond motifs is 1. The van der Waals surface area contributed by atoms with E-state index in [4.69, 9.17) is 4.74 Å². The highest BCUT2D eigenvalue weighted by molar-refractivity contribution is 6.14. The summed E-state index contributed by atoms with van der Waals surface area (Å²) < 4.78 is 6.20. The maximum atomic E-state index is 12.3. The molecule has 1 amide bonds. The molecule has 3 rings (SSSR count). The minimum absolute atomic E-state index is 0.0507. The highest BCUT2D eigenvalue weighted by Crippen LogP contribution is 2.37. The molecule has 0 bridgehead atoms. The number of Topliss-reactive ketones (excluding diaryl/α,β-unsaturated/α-hetero) is 1. The number of ether oxygens (including phenoxy) is 1. The van der Waals surface area contributed by atoms with Crippen LogP contribution in [-0.2, 0) is 9.59 Å². The van der Waals surface area contributed by atoms with Crippen LogP contribution in [0, 0.1) is 6.92 Å². The summed E-state index contributed by atoms with van der Waals surface area (Å²) in [5, 5.41) is 12.8.